The number of nitriles is 1. The molecule has 0 aliphatic carbocycles. The van der Waals surface area contributed by atoms with Gasteiger partial charge >= 0.3 is 0 Å². The topological polar surface area (TPSA) is 57.9 Å². The summed E-state index contributed by atoms with van der Waals surface area (Å²) in [6, 6.07) is 11.4. The molecule has 4 nitrogen and oxygen atoms in total. The lowest BCUT2D eigenvalue weighted by atomic mass is 10.2. The van der Waals surface area contributed by atoms with Gasteiger partial charge in [0.05, 0.1) is 23.4 Å². The molecule has 0 saturated carbocycles. The van der Waals surface area contributed by atoms with E-state index in [0.717, 1.165) is 17.0 Å². The maximum absolute atomic E-state index is 8.99. The van der Waals surface area contributed by atoms with E-state index in [9.17, 15) is 0 Å². The first-order chi connectivity index (χ1) is 9.69. The van der Waals surface area contributed by atoms with Crippen LogP contribution in [0, 0.1) is 11.3 Å². The van der Waals surface area contributed by atoms with E-state index in [2.05, 4.69) is 16.4 Å². The van der Waals surface area contributed by atoms with Crippen molar-refractivity contribution in [1.82, 2.24) is 4.98 Å². The van der Waals surface area contributed by atoms with Crippen LogP contribution in [0.25, 0.3) is 0 Å². The van der Waals surface area contributed by atoms with Gasteiger partial charge in [0.15, 0.2) is 0 Å². The molecule has 1 aromatic carbocycles. The number of hydrogen-bond acceptors (Lipinski definition) is 4. The number of aromatic nitrogens is 1. The van der Waals surface area contributed by atoms with Gasteiger partial charge in [-0.15, -0.1) is 0 Å². The highest BCUT2D eigenvalue weighted by molar-refractivity contribution is 5.60. The first-order valence-corrected chi connectivity index (χ1v) is 6.52. The SMILES string of the molecule is CC(C)Oc1ccc(C#N)cc1NCc1cccnc1. The number of ether oxygens (including phenoxy) is 1. The van der Waals surface area contributed by atoms with Gasteiger partial charge in [-0.1, -0.05) is 6.07 Å². The Morgan fingerprint density at radius 1 is 1.35 bits per heavy atom. The Morgan fingerprint density at radius 3 is 2.85 bits per heavy atom. The molecule has 0 spiro atoms. The third kappa shape index (κ3) is 3.72. The van der Waals surface area contributed by atoms with Crippen LogP contribution in [0.15, 0.2) is 42.7 Å². The molecule has 0 aliphatic rings. The van der Waals surface area contributed by atoms with E-state index in [0.29, 0.717) is 12.1 Å². The molecule has 0 atom stereocenters. The molecule has 0 unspecified atom stereocenters. The van der Waals surface area contributed by atoms with Crippen LogP contribution < -0.4 is 10.1 Å². The lowest BCUT2D eigenvalue weighted by Gasteiger charge is -2.15. The lowest BCUT2D eigenvalue weighted by Crippen LogP contribution is -2.09. The van der Waals surface area contributed by atoms with Gasteiger partial charge in [0.1, 0.15) is 5.75 Å². The summed E-state index contributed by atoms with van der Waals surface area (Å²) in [6.07, 6.45) is 3.64. The predicted octanol–water partition coefficient (Wildman–Crippen LogP) is 3.35. The molecule has 1 heterocycles. The van der Waals surface area contributed by atoms with Crippen molar-refractivity contribution in [2.75, 3.05) is 5.32 Å². The monoisotopic (exact) mass is 267 g/mol. The fourth-order valence-corrected chi connectivity index (χ4v) is 1.79. The molecule has 0 fully saturated rings. The molecule has 0 bridgehead atoms. The van der Waals surface area contributed by atoms with Gasteiger partial charge in [-0.25, -0.2) is 0 Å². The van der Waals surface area contributed by atoms with E-state index in [1.807, 2.05) is 38.2 Å². The van der Waals surface area contributed by atoms with Crippen LogP contribution >= 0.6 is 0 Å². The summed E-state index contributed by atoms with van der Waals surface area (Å²) in [4.78, 5) is 4.08. The van der Waals surface area contributed by atoms with Crippen molar-refractivity contribution < 1.29 is 4.74 Å². The zero-order valence-corrected chi connectivity index (χ0v) is 11.6. The molecule has 4 heteroatoms. The Bertz CT molecular complexity index is 603. The highest BCUT2D eigenvalue weighted by Crippen LogP contribution is 2.27. The van der Waals surface area contributed by atoms with Crippen molar-refractivity contribution in [2.45, 2.75) is 26.5 Å². The second-order valence-electron chi connectivity index (χ2n) is 4.70. The Morgan fingerprint density at radius 2 is 2.20 bits per heavy atom. The van der Waals surface area contributed by atoms with Crippen molar-refractivity contribution in [2.24, 2.45) is 0 Å². The van der Waals surface area contributed by atoms with Crippen LogP contribution in [0.4, 0.5) is 5.69 Å². The number of anilines is 1. The minimum Gasteiger partial charge on any atom is -0.489 e. The van der Waals surface area contributed by atoms with Crippen LogP contribution in [0.1, 0.15) is 25.0 Å². The minimum atomic E-state index is 0.0851. The molecule has 1 N–H and O–H groups in total. The van der Waals surface area contributed by atoms with Crippen molar-refractivity contribution in [3.63, 3.8) is 0 Å². The zero-order valence-electron chi connectivity index (χ0n) is 11.6. The Labute approximate surface area is 119 Å². The maximum Gasteiger partial charge on any atom is 0.142 e. The molecule has 20 heavy (non-hydrogen) atoms. The number of benzene rings is 1. The van der Waals surface area contributed by atoms with Crippen LogP contribution in [0.2, 0.25) is 0 Å². The molecule has 2 aromatic rings. The summed E-state index contributed by atoms with van der Waals surface area (Å²) in [5, 5.41) is 12.3. The second kappa shape index (κ2) is 6.58. The maximum atomic E-state index is 8.99. The average Bonchev–Trinajstić information content (AvgIpc) is 2.47. The van der Waals surface area contributed by atoms with Crippen LogP contribution in [-0.2, 0) is 6.54 Å². The van der Waals surface area contributed by atoms with Crippen molar-refractivity contribution >= 4 is 5.69 Å². The van der Waals surface area contributed by atoms with E-state index in [4.69, 9.17) is 10.00 Å². The van der Waals surface area contributed by atoms with E-state index >= 15 is 0 Å². The summed E-state index contributed by atoms with van der Waals surface area (Å²) >= 11 is 0. The molecule has 0 saturated heterocycles. The first kappa shape index (κ1) is 13.9. The average molecular weight is 267 g/mol. The van der Waals surface area contributed by atoms with Gasteiger partial charge < -0.3 is 10.1 Å². The third-order valence-corrected chi connectivity index (χ3v) is 2.68. The van der Waals surface area contributed by atoms with Gasteiger partial charge in [-0.05, 0) is 43.7 Å². The smallest absolute Gasteiger partial charge is 0.142 e. The molecule has 0 aliphatic heterocycles. The van der Waals surface area contributed by atoms with Crippen molar-refractivity contribution in [3.8, 4) is 11.8 Å². The molecular formula is C16H17N3O. The molecule has 0 amide bonds. The quantitative estimate of drug-likeness (QED) is 0.902. The zero-order chi connectivity index (χ0) is 14.4. The molecule has 0 radical (unpaired) electrons. The first-order valence-electron chi connectivity index (χ1n) is 6.52. The number of rotatable bonds is 5. The van der Waals surface area contributed by atoms with Gasteiger partial charge in [-0.2, -0.15) is 5.26 Å². The van der Waals surface area contributed by atoms with Crippen LogP contribution in [0.3, 0.4) is 0 Å². The summed E-state index contributed by atoms with van der Waals surface area (Å²) < 4.78 is 5.75. The summed E-state index contributed by atoms with van der Waals surface area (Å²) in [7, 11) is 0. The summed E-state index contributed by atoms with van der Waals surface area (Å²) in [6.45, 7) is 4.59. The molecular weight excluding hydrogens is 250 g/mol. The standard InChI is InChI=1S/C16H17N3O/c1-12(2)20-16-6-5-13(9-17)8-15(16)19-11-14-4-3-7-18-10-14/h3-8,10,12,19H,11H2,1-2H3. The Kier molecular flexibility index (Phi) is 4.56. The van der Waals surface area contributed by atoms with E-state index < -0.39 is 0 Å². The normalized spacial score (nSPS) is 10.1. The van der Waals surface area contributed by atoms with E-state index in [-0.39, 0.29) is 6.10 Å². The number of nitrogens with zero attached hydrogens (tertiary/aromatic N) is 2. The Hall–Kier alpha value is -2.54. The van der Waals surface area contributed by atoms with Crippen molar-refractivity contribution in [3.05, 3.63) is 53.9 Å². The van der Waals surface area contributed by atoms with E-state index in [1.165, 1.54) is 0 Å². The fraction of sp³-hybridized carbons (Fsp3) is 0.250. The molecule has 2 rings (SSSR count). The molecule has 102 valence electrons. The lowest BCUT2D eigenvalue weighted by molar-refractivity contribution is 0.243. The van der Waals surface area contributed by atoms with Gasteiger partial charge in [0, 0.05) is 18.9 Å². The van der Waals surface area contributed by atoms with Gasteiger partial charge in [0.2, 0.25) is 0 Å². The van der Waals surface area contributed by atoms with Gasteiger partial charge in [0.25, 0.3) is 0 Å². The second-order valence-corrected chi connectivity index (χ2v) is 4.70. The Balaban J connectivity index is 2.17. The largest absolute Gasteiger partial charge is 0.489 e. The highest BCUT2D eigenvalue weighted by atomic mass is 16.5. The molecule has 1 aromatic heterocycles. The van der Waals surface area contributed by atoms with Gasteiger partial charge in [-0.3, -0.25) is 4.98 Å². The van der Waals surface area contributed by atoms with E-state index in [1.54, 1.807) is 18.3 Å². The third-order valence-electron chi connectivity index (χ3n) is 2.68. The predicted molar refractivity (Wildman–Crippen MR) is 78.5 cm³/mol. The fourth-order valence-electron chi connectivity index (χ4n) is 1.79. The van der Waals surface area contributed by atoms with Crippen molar-refractivity contribution in [1.29, 1.82) is 5.26 Å². The summed E-state index contributed by atoms with van der Waals surface area (Å²) in [5.41, 5.74) is 2.50. The number of nitrogens with one attached hydrogen (secondary N) is 1. The number of hydrogen-bond donors (Lipinski definition) is 1. The highest BCUT2D eigenvalue weighted by Gasteiger charge is 2.07. The van der Waals surface area contributed by atoms with Crippen LogP contribution in [-0.4, -0.2) is 11.1 Å². The summed E-state index contributed by atoms with van der Waals surface area (Å²) in [5.74, 6) is 0.753. The minimum absolute atomic E-state index is 0.0851. The van der Waals surface area contributed by atoms with Crippen LogP contribution in [0.5, 0.6) is 5.75 Å². The number of pyridine rings is 1.